The maximum Gasteiger partial charge on any atom is 0.145 e. The van der Waals surface area contributed by atoms with Gasteiger partial charge >= 0.3 is 0 Å². The van der Waals surface area contributed by atoms with Crippen LogP contribution in [0.2, 0.25) is 0 Å². The van der Waals surface area contributed by atoms with Gasteiger partial charge in [-0.25, -0.2) is 4.98 Å². The van der Waals surface area contributed by atoms with Gasteiger partial charge in [0.25, 0.3) is 0 Å². The first-order valence-electron chi connectivity index (χ1n) is 8.14. The highest BCUT2D eigenvalue weighted by atomic mass is 35.5. The largest absolute Gasteiger partial charge is 0.505 e. The summed E-state index contributed by atoms with van der Waals surface area (Å²) in [4.78, 5) is 7.99. The molecule has 134 valence electrons. The number of hydrogen-bond acceptors (Lipinski definition) is 3. The molecule has 2 N–H and O–H groups in total. The number of ether oxygens (including phenoxy) is 1. The van der Waals surface area contributed by atoms with Gasteiger partial charge in [0, 0.05) is 12.0 Å². The van der Waals surface area contributed by atoms with E-state index in [1.807, 2.05) is 37.3 Å². The van der Waals surface area contributed by atoms with Gasteiger partial charge in [0.2, 0.25) is 0 Å². The molecule has 0 radical (unpaired) electrons. The molecule has 0 aliphatic carbocycles. The molecular weight excluding hydrogens is 336 g/mol. The standard InChI is InChI=1S/C20H24N2O2.ClH/c1-12-10-15(20(2,3)4)19(23)18-17(12)21-16(22-18)11-13-6-8-14(24-5)9-7-13;/h6-10,23H,11H2,1-5H3,(H,21,22);1H. The number of benzene rings is 2. The zero-order valence-corrected chi connectivity index (χ0v) is 16.1. The molecule has 0 unspecified atom stereocenters. The highest BCUT2D eigenvalue weighted by molar-refractivity contribution is 5.86. The summed E-state index contributed by atoms with van der Waals surface area (Å²) in [6.45, 7) is 8.33. The smallest absolute Gasteiger partial charge is 0.145 e. The first-order chi connectivity index (χ1) is 11.3. The van der Waals surface area contributed by atoms with Gasteiger partial charge in [-0.05, 0) is 41.7 Å². The minimum absolute atomic E-state index is 0. The molecule has 0 atom stereocenters. The Hall–Kier alpha value is -2.20. The van der Waals surface area contributed by atoms with Crippen molar-refractivity contribution in [3.8, 4) is 11.5 Å². The maximum atomic E-state index is 10.7. The number of nitrogens with zero attached hydrogens (tertiary/aromatic N) is 1. The molecule has 5 heteroatoms. The molecule has 0 saturated carbocycles. The van der Waals surface area contributed by atoms with Gasteiger partial charge in [-0.15, -0.1) is 12.4 Å². The second-order valence-corrected chi connectivity index (χ2v) is 7.27. The Morgan fingerprint density at radius 3 is 2.36 bits per heavy atom. The predicted molar refractivity (Wildman–Crippen MR) is 104 cm³/mol. The summed E-state index contributed by atoms with van der Waals surface area (Å²) in [5, 5.41) is 10.7. The van der Waals surface area contributed by atoms with Crippen molar-refractivity contribution in [1.82, 2.24) is 9.97 Å². The fourth-order valence-electron chi connectivity index (χ4n) is 2.96. The highest BCUT2D eigenvalue weighted by Gasteiger charge is 2.22. The van der Waals surface area contributed by atoms with Crippen LogP contribution >= 0.6 is 12.4 Å². The van der Waals surface area contributed by atoms with Gasteiger partial charge in [-0.1, -0.05) is 32.9 Å². The quantitative estimate of drug-likeness (QED) is 0.698. The Morgan fingerprint density at radius 2 is 1.80 bits per heavy atom. The van der Waals surface area contributed by atoms with Crippen molar-refractivity contribution in [3.05, 3.63) is 52.8 Å². The lowest BCUT2D eigenvalue weighted by atomic mass is 9.85. The second-order valence-electron chi connectivity index (χ2n) is 7.27. The zero-order chi connectivity index (χ0) is 17.5. The van der Waals surface area contributed by atoms with Crippen LogP contribution in [0.5, 0.6) is 11.5 Å². The fraction of sp³-hybridized carbons (Fsp3) is 0.350. The summed E-state index contributed by atoms with van der Waals surface area (Å²) >= 11 is 0. The van der Waals surface area contributed by atoms with Crippen molar-refractivity contribution in [1.29, 1.82) is 0 Å². The van der Waals surface area contributed by atoms with Crippen molar-refractivity contribution in [3.63, 3.8) is 0 Å². The van der Waals surface area contributed by atoms with Crippen molar-refractivity contribution in [2.45, 2.75) is 39.5 Å². The molecule has 0 amide bonds. The minimum atomic E-state index is -0.121. The van der Waals surface area contributed by atoms with Crippen LogP contribution in [0.1, 0.15) is 43.3 Å². The number of methoxy groups -OCH3 is 1. The van der Waals surface area contributed by atoms with Crippen LogP contribution in [0.4, 0.5) is 0 Å². The van der Waals surface area contributed by atoms with Gasteiger partial charge in [0.05, 0.1) is 12.6 Å². The molecule has 1 heterocycles. The van der Waals surface area contributed by atoms with E-state index in [0.717, 1.165) is 39.3 Å². The molecule has 0 aliphatic heterocycles. The lowest BCUT2D eigenvalue weighted by Gasteiger charge is -2.21. The van der Waals surface area contributed by atoms with E-state index in [1.54, 1.807) is 7.11 Å². The second kappa shape index (κ2) is 6.96. The van der Waals surface area contributed by atoms with Crippen molar-refractivity contribution >= 4 is 23.4 Å². The number of imidazole rings is 1. The van der Waals surface area contributed by atoms with Crippen molar-refractivity contribution in [2.24, 2.45) is 0 Å². The van der Waals surface area contributed by atoms with E-state index in [-0.39, 0.29) is 17.8 Å². The SMILES string of the molecule is COc1ccc(Cc2nc3c(C)cc(C(C)(C)C)c(O)c3[nH]2)cc1.Cl. The average molecular weight is 361 g/mol. The Bertz CT molecular complexity index is 877. The summed E-state index contributed by atoms with van der Waals surface area (Å²) < 4.78 is 5.19. The molecule has 4 nitrogen and oxygen atoms in total. The number of aromatic hydroxyl groups is 1. The van der Waals surface area contributed by atoms with Gasteiger partial charge < -0.3 is 14.8 Å². The van der Waals surface area contributed by atoms with E-state index in [2.05, 4.69) is 30.7 Å². The van der Waals surface area contributed by atoms with E-state index in [0.29, 0.717) is 12.2 Å². The van der Waals surface area contributed by atoms with Crippen LogP contribution in [-0.4, -0.2) is 22.2 Å². The van der Waals surface area contributed by atoms with E-state index in [4.69, 9.17) is 4.74 Å². The summed E-state index contributed by atoms with van der Waals surface area (Å²) in [5.74, 6) is 1.99. The highest BCUT2D eigenvalue weighted by Crippen LogP contribution is 2.37. The number of H-pyrrole nitrogens is 1. The predicted octanol–water partition coefficient (Wildman–Crippen LogP) is 4.90. The van der Waals surface area contributed by atoms with Crippen LogP contribution in [-0.2, 0) is 11.8 Å². The molecule has 2 aromatic carbocycles. The molecule has 0 spiro atoms. The van der Waals surface area contributed by atoms with Crippen molar-refractivity contribution in [2.75, 3.05) is 7.11 Å². The molecule has 0 aliphatic rings. The molecule has 25 heavy (non-hydrogen) atoms. The van der Waals surface area contributed by atoms with Gasteiger partial charge in [0.15, 0.2) is 0 Å². The fourth-order valence-corrected chi connectivity index (χ4v) is 2.96. The van der Waals surface area contributed by atoms with Crippen LogP contribution < -0.4 is 4.74 Å². The van der Waals surface area contributed by atoms with E-state index >= 15 is 0 Å². The number of fused-ring (bicyclic) bond motifs is 1. The number of phenolic OH excluding ortho intramolecular Hbond substituents is 1. The molecular formula is C20H25ClN2O2. The lowest BCUT2D eigenvalue weighted by molar-refractivity contribution is 0.414. The lowest BCUT2D eigenvalue weighted by Crippen LogP contribution is -2.11. The molecule has 3 rings (SSSR count). The zero-order valence-electron chi connectivity index (χ0n) is 15.3. The molecule has 0 fully saturated rings. The molecule has 1 aromatic heterocycles. The molecule has 0 bridgehead atoms. The normalized spacial score (nSPS) is 11.4. The topological polar surface area (TPSA) is 58.1 Å². The third-order valence-electron chi connectivity index (χ3n) is 4.32. The number of halogens is 1. The molecule has 0 saturated heterocycles. The van der Waals surface area contributed by atoms with Crippen LogP contribution in [0.3, 0.4) is 0 Å². The number of hydrogen-bond donors (Lipinski definition) is 2. The Labute approximate surface area is 154 Å². The third-order valence-corrected chi connectivity index (χ3v) is 4.32. The Kier molecular flexibility index (Phi) is 5.33. The summed E-state index contributed by atoms with van der Waals surface area (Å²) in [6.07, 6.45) is 0.683. The first-order valence-corrected chi connectivity index (χ1v) is 8.14. The minimum Gasteiger partial charge on any atom is -0.505 e. The van der Waals surface area contributed by atoms with Gasteiger partial charge in [-0.3, -0.25) is 0 Å². The van der Waals surface area contributed by atoms with Gasteiger partial charge in [-0.2, -0.15) is 0 Å². The average Bonchev–Trinajstić information content (AvgIpc) is 2.95. The Morgan fingerprint density at radius 1 is 1.16 bits per heavy atom. The van der Waals surface area contributed by atoms with E-state index in [9.17, 15) is 5.11 Å². The third kappa shape index (κ3) is 3.74. The number of phenols is 1. The van der Waals surface area contributed by atoms with Gasteiger partial charge in [0.1, 0.15) is 22.8 Å². The van der Waals surface area contributed by atoms with Crippen LogP contribution in [0, 0.1) is 6.92 Å². The van der Waals surface area contributed by atoms with E-state index < -0.39 is 0 Å². The summed E-state index contributed by atoms with van der Waals surface area (Å²) in [6, 6.07) is 9.98. The van der Waals surface area contributed by atoms with E-state index in [1.165, 1.54) is 0 Å². The molecule has 3 aromatic rings. The summed E-state index contributed by atoms with van der Waals surface area (Å²) in [7, 11) is 1.66. The van der Waals surface area contributed by atoms with Crippen LogP contribution in [0.15, 0.2) is 30.3 Å². The summed E-state index contributed by atoms with van der Waals surface area (Å²) in [5.41, 5.74) is 4.59. The van der Waals surface area contributed by atoms with Crippen LogP contribution in [0.25, 0.3) is 11.0 Å². The number of rotatable bonds is 3. The number of nitrogens with one attached hydrogen (secondary N) is 1. The van der Waals surface area contributed by atoms with Crippen molar-refractivity contribution < 1.29 is 9.84 Å². The number of aromatic nitrogens is 2. The Balaban J connectivity index is 0.00000225. The monoisotopic (exact) mass is 360 g/mol. The maximum absolute atomic E-state index is 10.7. The number of aryl methyl sites for hydroxylation is 1. The number of aromatic amines is 1. The first kappa shape index (κ1) is 19.1.